The zero-order valence-electron chi connectivity index (χ0n) is 28.0. The Labute approximate surface area is 306 Å². The Morgan fingerprint density at radius 2 is 1.94 bits per heavy atom. The van der Waals surface area contributed by atoms with Crippen molar-refractivity contribution in [2.75, 3.05) is 43.5 Å². The lowest BCUT2D eigenvalue weighted by Gasteiger charge is -2.44. The van der Waals surface area contributed by atoms with Gasteiger partial charge in [0.05, 0.1) is 33.3 Å². The third-order valence-electron chi connectivity index (χ3n) is 9.44. The van der Waals surface area contributed by atoms with Gasteiger partial charge in [-0.3, -0.25) is 0 Å². The number of phenolic OH excluding ortho intramolecular Hbond substituents is 1. The number of ether oxygens (including phenoxy) is 1. The molecule has 3 aromatic heterocycles. The average Bonchev–Trinajstić information content (AvgIpc) is 3.42. The summed E-state index contributed by atoms with van der Waals surface area (Å²) in [4.78, 5) is 14.1. The molecule has 5 aromatic rings. The van der Waals surface area contributed by atoms with E-state index in [-0.39, 0.29) is 39.1 Å². The Morgan fingerprint density at radius 1 is 1.23 bits per heavy atom. The summed E-state index contributed by atoms with van der Waals surface area (Å²) in [5.74, 6) is -5.77. The van der Waals surface area contributed by atoms with E-state index in [1.807, 2.05) is 4.90 Å². The molecule has 6 rings (SSSR count). The monoisotopic (exact) mass is 782 g/mol. The topological polar surface area (TPSA) is 159 Å². The van der Waals surface area contributed by atoms with Crippen LogP contribution in [0.3, 0.4) is 0 Å². The maximum Gasteiger partial charge on any atom is 0.420 e. The van der Waals surface area contributed by atoms with Crippen LogP contribution in [-0.4, -0.2) is 58.1 Å². The number of nitrogen functional groups attached to an aromatic ring is 2. The van der Waals surface area contributed by atoms with E-state index < -0.39 is 104 Å². The first-order valence-electron chi connectivity index (χ1n) is 15.9. The first-order valence-corrected chi connectivity index (χ1v) is 17.1. The lowest BCUT2D eigenvalue weighted by Crippen LogP contribution is -2.51. The summed E-state index contributed by atoms with van der Waals surface area (Å²) in [6, 6.07) is 3.20. The molecule has 1 saturated heterocycles. The predicted molar refractivity (Wildman–Crippen MR) is 187 cm³/mol. The van der Waals surface area contributed by atoms with Gasteiger partial charge in [0.1, 0.15) is 45.4 Å². The van der Waals surface area contributed by atoms with Crippen LogP contribution in [0.25, 0.3) is 32.1 Å². The minimum atomic E-state index is -5.45. The normalized spacial score (nSPS) is 18.8. The zero-order valence-corrected chi connectivity index (χ0v) is 29.6. The number of thiophene rings is 1. The molecule has 2 aromatic carbocycles. The van der Waals surface area contributed by atoms with Crippen LogP contribution in [0.1, 0.15) is 43.0 Å². The van der Waals surface area contributed by atoms with Crippen LogP contribution in [0.5, 0.6) is 11.8 Å². The van der Waals surface area contributed by atoms with Crippen LogP contribution in [0.4, 0.5) is 47.4 Å². The number of aromatic nitrogens is 3. The number of alkyl halides is 5. The molecule has 53 heavy (non-hydrogen) atoms. The number of phenols is 1. The number of pyridine rings is 1. The summed E-state index contributed by atoms with van der Waals surface area (Å²) >= 11 is 6.69. The van der Waals surface area contributed by atoms with Gasteiger partial charge in [0.25, 0.3) is 0 Å². The number of halogens is 8. The fourth-order valence-electron chi connectivity index (χ4n) is 6.93. The minimum Gasteiger partial charge on any atom is -0.506 e. The fraction of sp³-hybridized carbons (Fsp3) is 0.353. The molecule has 19 heteroatoms. The molecular formula is C34H30ClF7N8O2S. The van der Waals surface area contributed by atoms with Gasteiger partial charge in [-0.2, -0.15) is 28.4 Å². The maximum absolute atomic E-state index is 17.1. The van der Waals surface area contributed by atoms with Gasteiger partial charge < -0.3 is 31.5 Å². The first kappa shape index (κ1) is 37.9. The number of nitriles is 1. The van der Waals surface area contributed by atoms with E-state index in [0.717, 1.165) is 12.1 Å². The number of piperidine rings is 1. The molecule has 0 unspecified atom stereocenters. The number of nitrogens with zero attached hydrogens (tertiary/aromatic N) is 5. The molecule has 1 aliphatic rings. The highest BCUT2D eigenvalue weighted by Crippen LogP contribution is 2.52. The number of rotatable bonds is 8. The van der Waals surface area contributed by atoms with Crippen molar-refractivity contribution in [2.24, 2.45) is 11.3 Å². The van der Waals surface area contributed by atoms with Gasteiger partial charge in [-0.25, -0.2) is 22.5 Å². The lowest BCUT2D eigenvalue weighted by atomic mass is 9.73. The van der Waals surface area contributed by atoms with Crippen molar-refractivity contribution >= 4 is 60.6 Å². The molecule has 1 fully saturated rings. The smallest absolute Gasteiger partial charge is 0.420 e. The van der Waals surface area contributed by atoms with Crippen molar-refractivity contribution in [3.05, 3.63) is 57.7 Å². The molecular weight excluding hydrogens is 753 g/mol. The largest absolute Gasteiger partial charge is 0.506 e. The number of fused-ring (bicyclic) bond motifs is 2. The Hall–Kier alpha value is -4.86. The number of hydrogen-bond acceptors (Lipinski definition) is 11. The van der Waals surface area contributed by atoms with Crippen LogP contribution in [-0.2, 0) is 6.18 Å². The SMILES string of the molecule is C[C@@H](Nc1nc(OC[C@]2(C)CN(C)CC[C@@H]2C(F)F)nc2c(F)c(-c3ccc(F)c4sc(N)c(C#N)c34)c(C(F)(F)F)c(O)c12)c1cc(Cl)cnc1N. The van der Waals surface area contributed by atoms with Gasteiger partial charge in [0.15, 0.2) is 5.82 Å². The molecule has 1 aliphatic heterocycles. The van der Waals surface area contributed by atoms with Crippen molar-refractivity contribution in [1.82, 2.24) is 19.9 Å². The number of aromatic hydroxyl groups is 1. The van der Waals surface area contributed by atoms with E-state index in [9.17, 15) is 23.5 Å². The van der Waals surface area contributed by atoms with E-state index in [1.165, 1.54) is 19.2 Å². The van der Waals surface area contributed by atoms with E-state index in [0.29, 0.717) is 17.9 Å². The zero-order chi connectivity index (χ0) is 38.7. The number of nitrogens with one attached hydrogen (secondary N) is 1. The van der Waals surface area contributed by atoms with Gasteiger partial charge in [-0.1, -0.05) is 24.6 Å². The van der Waals surface area contributed by atoms with Gasteiger partial charge in [0.2, 0.25) is 6.43 Å². The summed E-state index contributed by atoms with van der Waals surface area (Å²) < 4.78 is 111. The van der Waals surface area contributed by atoms with Crippen LogP contribution in [0.2, 0.25) is 5.02 Å². The van der Waals surface area contributed by atoms with Crippen molar-refractivity contribution < 1.29 is 40.6 Å². The summed E-state index contributed by atoms with van der Waals surface area (Å²) in [7, 11) is 1.75. The number of likely N-dealkylation sites (tertiary alicyclic amines) is 1. The first-order chi connectivity index (χ1) is 24.9. The summed E-state index contributed by atoms with van der Waals surface area (Å²) in [6.45, 7) is 3.27. The Balaban J connectivity index is 1.63. The molecule has 0 aliphatic carbocycles. The highest BCUT2D eigenvalue weighted by atomic mass is 35.5. The van der Waals surface area contributed by atoms with Crippen LogP contribution in [0.15, 0.2) is 24.4 Å². The Morgan fingerprint density at radius 3 is 2.60 bits per heavy atom. The van der Waals surface area contributed by atoms with Crippen LogP contribution < -0.4 is 21.5 Å². The van der Waals surface area contributed by atoms with Gasteiger partial charge in [-0.15, -0.1) is 11.3 Å². The third kappa shape index (κ3) is 6.77. The highest BCUT2D eigenvalue weighted by molar-refractivity contribution is 7.23. The second-order valence-corrected chi connectivity index (χ2v) is 14.6. The average molecular weight is 783 g/mol. The van der Waals surface area contributed by atoms with Crippen molar-refractivity contribution in [3.8, 4) is 29.0 Å². The Bertz CT molecular complexity index is 2300. The molecule has 0 spiro atoms. The van der Waals surface area contributed by atoms with Crippen LogP contribution in [0, 0.1) is 34.3 Å². The summed E-state index contributed by atoms with van der Waals surface area (Å²) in [5.41, 5.74) is 6.01. The number of benzene rings is 2. The van der Waals surface area contributed by atoms with E-state index >= 15 is 17.6 Å². The number of hydrogen-bond donors (Lipinski definition) is 4. The van der Waals surface area contributed by atoms with Crippen molar-refractivity contribution in [1.29, 1.82) is 5.26 Å². The number of anilines is 3. The molecule has 6 N–H and O–H groups in total. The number of nitrogens with two attached hydrogens (primary N) is 2. The van der Waals surface area contributed by atoms with Crippen molar-refractivity contribution in [2.45, 2.75) is 38.9 Å². The van der Waals surface area contributed by atoms with Crippen molar-refractivity contribution in [3.63, 3.8) is 0 Å². The summed E-state index contributed by atoms with van der Waals surface area (Å²) in [5, 5.41) is 22.8. The molecule has 0 radical (unpaired) electrons. The maximum atomic E-state index is 17.1. The summed E-state index contributed by atoms with van der Waals surface area (Å²) in [6.07, 6.45) is -6.76. The molecule has 3 atom stereocenters. The standard InChI is InChI=1S/C34H30ClF7N8O2S/c1-13(16-8-14(35)10-46-29(16)44)47-31-22-25(48-32(49-31)52-12-33(2)11-50(3)7-6-18(33)28(38)39)24(37)21(23(26(22)51)34(40,41)42)15-4-5-19(36)27-20(15)17(9-43)30(45)53-27/h4-5,8,10,13,18,28,51H,6-7,11-12,45H2,1-3H3,(H2,44,46)(H,47,48,49)/t13-,18-,33+/m1/s1. The van der Waals surface area contributed by atoms with Gasteiger partial charge >= 0.3 is 12.2 Å². The van der Waals surface area contributed by atoms with Gasteiger partial charge in [-0.05, 0) is 44.6 Å². The Kier molecular flexibility index (Phi) is 9.90. The predicted octanol–water partition coefficient (Wildman–Crippen LogP) is 8.37. The quantitative estimate of drug-likeness (QED) is 0.113. The van der Waals surface area contributed by atoms with E-state index in [1.54, 1.807) is 20.0 Å². The minimum absolute atomic E-state index is 0.0195. The molecule has 0 amide bonds. The second-order valence-electron chi connectivity index (χ2n) is 13.1. The van der Waals surface area contributed by atoms with Gasteiger partial charge in [0, 0.05) is 40.6 Å². The molecule has 280 valence electrons. The molecule has 0 bridgehead atoms. The molecule has 0 saturated carbocycles. The molecule has 4 heterocycles. The van der Waals surface area contributed by atoms with Crippen LogP contribution >= 0.6 is 22.9 Å². The second kappa shape index (κ2) is 13.8. The lowest BCUT2D eigenvalue weighted by molar-refractivity contribution is -0.138. The van der Waals surface area contributed by atoms with E-state index in [4.69, 9.17) is 27.8 Å². The fourth-order valence-corrected chi connectivity index (χ4v) is 8.05. The third-order valence-corrected chi connectivity index (χ3v) is 10.7. The highest BCUT2D eigenvalue weighted by Gasteiger charge is 2.45. The van der Waals surface area contributed by atoms with E-state index in [2.05, 4.69) is 20.3 Å². The molecule has 10 nitrogen and oxygen atoms in total.